The number of nitrogens with one attached hydrogen (secondary N) is 1. The molecule has 4 aromatic carbocycles. The summed E-state index contributed by atoms with van der Waals surface area (Å²) in [6.07, 6.45) is 1.56. The second kappa shape index (κ2) is 15.1. The molecule has 18 heteroatoms. The van der Waals surface area contributed by atoms with E-state index in [1.54, 1.807) is 61.7 Å². The zero-order valence-corrected chi connectivity index (χ0v) is 34.6. The largest absolute Gasteiger partial charge is 0.508 e. The first kappa shape index (κ1) is 40.3. The van der Waals surface area contributed by atoms with Crippen molar-refractivity contribution in [3.05, 3.63) is 149 Å². The van der Waals surface area contributed by atoms with E-state index in [1.807, 2.05) is 0 Å². The summed E-state index contributed by atoms with van der Waals surface area (Å²) in [7, 11) is 5.99. The molecular weight excluding hydrogens is 825 g/mol. The number of allylic oxidation sites excluding steroid dienone is 2. The molecule has 9 rings (SSSR count). The number of carbonyl (C=O) groups excluding carboxylic acids is 2. The highest BCUT2D eigenvalue weighted by Crippen LogP contribution is 2.63. The van der Waals surface area contributed by atoms with Crippen LogP contribution in [0, 0.1) is 11.7 Å². The molecule has 2 fully saturated rings. The lowest BCUT2D eigenvalue weighted by Crippen LogP contribution is -2.53. The first-order chi connectivity index (χ1) is 29.8. The maximum atomic E-state index is 15.3. The van der Waals surface area contributed by atoms with Crippen molar-refractivity contribution in [1.29, 1.82) is 0 Å². The van der Waals surface area contributed by atoms with Crippen LogP contribution in [0.1, 0.15) is 35.2 Å². The molecule has 3 aliphatic rings. The minimum absolute atomic E-state index is 0.0806. The first-order valence-corrected chi connectivity index (χ1v) is 20.0. The van der Waals surface area contributed by atoms with Crippen LogP contribution in [0.2, 0.25) is 5.02 Å². The Hall–Kier alpha value is -7.14. The molecular formula is C44H39ClFN7O9. The fourth-order valence-electron chi connectivity index (χ4n) is 9.48. The summed E-state index contributed by atoms with van der Waals surface area (Å²) >= 11 is 6.37. The van der Waals surface area contributed by atoms with Crippen molar-refractivity contribution in [2.24, 2.45) is 13.0 Å². The van der Waals surface area contributed by atoms with Gasteiger partial charge in [-0.15, -0.1) is 0 Å². The number of benzene rings is 4. The molecule has 4 atom stereocenters. The minimum Gasteiger partial charge on any atom is -0.508 e. The number of hydrogen-bond acceptors (Lipinski definition) is 11. The Morgan fingerprint density at radius 2 is 1.61 bits per heavy atom. The van der Waals surface area contributed by atoms with Crippen molar-refractivity contribution in [3.8, 4) is 23.0 Å². The predicted molar refractivity (Wildman–Crippen MR) is 224 cm³/mol. The summed E-state index contributed by atoms with van der Waals surface area (Å²) in [6.45, 7) is -0.305. The van der Waals surface area contributed by atoms with Gasteiger partial charge in [0.25, 0.3) is 17.4 Å². The van der Waals surface area contributed by atoms with Crippen LogP contribution in [0.4, 0.5) is 10.1 Å². The number of rotatable bonds is 10. The van der Waals surface area contributed by atoms with Gasteiger partial charge in [0.2, 0.25) is 0 Å². The number of aromatic hydroxyl groups is 1. The van der Waals surface area contributed by atoms with Crippen LogP contribution in [-0.2, 0) is 41.6 Å². The molecule has 318 valence electrons. The molecule has 0 spiro atoms. The van der Waals surface area contributed by atoms with Crippen LogP contribution in [0.25, 0.3) is 11.0 Å². The number of carbonyl (C=O) groups is 2. The second-order valence-electron chi connectivity index (χ2n) is 15.4. The lowest BCUT2D eigenvalue weighted by atomic mass is 9.53. The maximum absolute atomic E-state index is 15.3. The van der Waals surface area contributed by atoms with E-state index >= 15 is 4.79 Å². The van der Waals surface area contributed by atoms with Gasteiger partial charge in [0, 0.05) is 54.7 Å². The monoisotopic (exact) mass is 863 g/mol. The van der Waals surface area contributed by atoms with Gasteiger partial charge in [0.05, 0.1) is 62.0 Å². The Labute approximate surface area is 356 Å². The number of hydrazine groups is 1. The summed E-state index contributed by atoms with van der Waals surface area (Å²) in [5, 5.41) is 13.0. The Kier molecular flexibility index (Phi) is 9.80. The van der Waals surface area contributed by atoms with Crippen LogP contribution in [0.3, 0.4) is 0 Å². The molecule has 4 unspecified atom stereocenters. The fraction of sp³-hybridized carbons (Fsp3) is 0.273. The molecule has 2 amide bonds. The molecule has 16 nitrogen and oxygen atoms in total. The number of amides is 2. The summed E-state index contributed by atoms with van der Waals surface area (Å²) in [6, 6.07) is 18.6. The van der Waals surface area contributed by atoms with Crippen molar-refractivity contribution in [2.45, 2.75) is 43.3 Å². The van der Waals surface area contributed by atoms with Crippen LogP contribution in [0.5, 0.6) is 23.0 Å². The number of methoxy groups -OCH3 is 3. The lowest BCUT2D eigenvalue weighted by Gasteiger charge is -2.49. The zero-order chi connectivity index (χ0) is 43.8. The van der Waals surface area contributed by atoms with Gasteiger partial charge in [-0.3, -0.25) is 19.8 Å². The number of hydrogen-bond donors (Lipinski definition) is 2. The Bertz CT molecular complexity index is 3050. The lowest BCUT2D eigenvalue weighted by molar-refractivity contribution is -0.138. The number of ether oxygens (including phenoxy) is 3. The third-order valence-electron chi connectivity index (χ3n) is 12.4. The molecule has 2 aliphatic heterocycles. The summed E-state index contributed by atoms with van der Waals surface area (Å²) in [5.74, 6) is -3.19. The van der Waals surface area contributed by atoms with Gasteiger partial charge in [-0.1, -0.05) is 35.9 Å². The quantitative estimate of drug-likeness (QED) is 0.147. The smallest absolute Gasteiger partial charge is 0.347 e. The number of aryl methyl sites for hydroxylation is 2. The van der Waals surface area contributed by atoms with Crippen LogP contribution < -0.4 is 36.6 Å². The van der Waals surface area contributed by atoms with E-state index in [2.05, 4.69) is 10.4 Å². The topological polar surface area (TPSA) is 181 Å². The predicted octanol–water partition coefficient (Wildman–Crippen LogP) is 4.44. The number of fused-ring (bicyclic) bond motifs is 5. The second-order valence-corrected chi connectivity index (χ2v) is 15.8. The highest BCUT2D eigenvalue weighted by Gasteiger charge is 2.69. The number of halogens is 2. The van der Waals surface area contributed by atoms with Gasteiger partial charge >= 0.3 is 11.4 Å². The Morgan fingerprint density at radius 3 is 2.29 bits per heavy atom. The molecule has 0 radical (unpaired) electrons. The van der Waals surface area contributed by atoms with Gasteiger partial charge < -0.3 is 23.9 Å². The minimum atomic E-state index is -1.73. The van der Waals surface area contributed by atoms with Gasteiger partial charge in [-0.25, -0.2) is 32.9 Å². The van der Waals surface area contributed by atoms with Gasteiger partial charge in [0.1, 0.15) is 23.0 Å². The molecule has 2 N–H and O–H groups in total. The van der Waals surface area contributed by atoms with E-state index in [0.29, 0.717) is 44.4 Å². The average Bonchev–Trinajstić information content (AvgIpc) is 3.64. The normalized spacial score (nSPS) is 20.4. The Balaban J connectivity index is 1.18. The van der Waals surface area contributed by atoms with Crippen molar-refractivity contribution in [1.82, 2.24) is 28.5 Å². The van der Waals surface area contributed by atoms with Crippen molar-refractivity contribution < 1.29 is 33.3 Å². The van der Waals surface area contributed by atoms with E-state index < -0.39 is 57.9 Å². The molecule has 1 aliphatic carbocycles. The van der Waals surface area contributed by atoms with Crippen LogP contribution in [0.15, 0.2) is 105 Å². The molecule has 62 heavy (non-hydrogen) atoms. The third-order valence-corrected chi connectivity index (χ3v) is 12.6. The van der Waals surface area contributed by atoms with E-state index in [0.717, 1.165) is 9.58 Å². The number of anilines is 1. The number of nitrogens with zero attached hydrogens (tertiary/aromatic N) is 6. The van der Waals surface area contributed by atoms with Gasteiger partial charge in [0.15, 0.2) is 11.5 Å². The van der Waals surface area contributed by atoms with Gasteiger partial charge in [-0.05, 0) is 60.0 Å². The summed E-state index contributed by atoms with van der Waals surface area (Å²) in [4.78, 5) is 77.2. The van der Waals surface area contributed by atoms with Crippen molar-refractivity contribution >= 4 is 40.1 Å². The first-order valence-electron chi connectivity index (χ1n) is 19.6. The van der Waals surface area contributed by atoms with E-state index in [1.165, 1.54) is 65.6 Å². The molecule has 1 saturated heterocycles. The number of phenolic OH excluding ortho intramolecular Hbond substituents is 1. The Morgan fingerprint density at radius 1 is 0.903 bits per heavy atom. The molecule has 4 heterocycles. The highest BCUT2D eigenvalue weighted by atomic mass is 35.5. The molecule has 2 aromatic heterocycles. The molecule has 1 saturated carbocycles. The summed E-state index contributed by atoms with van der Waals surface area (Å²) in [5.41, 5.74) is 1.86. The maximum Gasteiger partial charge on any atom is 0.347 e. The molecule has 0 bridgehead atoms. The fourth-order valence-corrected chi connectivity index (χ4v) is 9.61. The number of aromatic nitrogens is 5. The molecule has 6 aromatic rings. The van der Waals surface area contributed by atoms with Crippen LogP contribution in [-0.4, -0.2) is 66.7 Å². The van der Waals surface area contributed by atoms with Gasteiger partial charge in [-0.2, -0.15) is 5.01 Å². The van der Waals surface area contributed by atoms with Crippen molar-refractivity contribution in [3.63, 3.8) is 0 Å². The highest BCUT2D eigenvalue weighted by molar-refractivity contribution is 6.30. The van der Waals surface area contributed by atoms with E-state index in [-0.39, 0.29) is 48.6 Å². The number of imide groups is 1. The zero-order valence-electron chi connectivity index (χ0n) is 33.8. The van der Waals surface area contributed by atoms with Crippen LogP contribution >= 0.6 is 11.6 Å². The van der Waals surface area contributed by atoms with Crippen molar-refractivity contribution in [2.75, 3.05) is 26.8 Å². The summed E-state index contributed by atoms with van der Waals surface area (Å²) < 4.78 is 35.2. The van der Waals surface area contributed by atoms with E-state index in [9.17, 15) is 28.7 Å². The average molecular weight is 864 g/mol. The SMILES string of the molecule is COc1ccc(C2C3=CCn4c(=O)n(CCc5nc6cc(OC)c(OC)cc6n(C)c5=O)c(=O)n4C3CC3C(=O)N(Nc4ccc(F)cc4)C(=O)C32c2ccc(Cl)cc2)c(O)c1. The third kappa shape index (κ3) is 6.01. The standard InChI is InChI=1S/C44H39ClFN7O9/c1-49-34-22-37(62-4)36(61-3)21-32(34)47-31(40(49)56)16-17-50-42(58)51-18-15-28-33(53(51)43(50)59)20-30-39(55)52(48-26-11-9-25(46)10-12-26)41(57)44(30,23-5-7-24(45)8-6-23)38(28)29-14-13-27(60-2)19-35(29)54/h5-15,19,21-22,30,33,38,48,54H,16-18,20H2,1-4H3. The number of phenols is 1. The van der Waals surface area contributed by atoms with E-state index in [4.69, 9.17) is 25.8 Å².